The maximum Gasteiger partial charge on any atom is 0.252 e. The number of benzene rings is 2. The molecule has 2 saturated heterocycles. The van der Waals surface area contributed by atoms with E-state index < -0.39 is 9.84 Å². The molecule has 9 heteroatoms. The van der Waals surface area contributed by atoms with E-state index in [1.54, 1.807) is 7.11 Å². The molecule has 1 amide bonds. The molecule has 2 heterocycles. The van der Waals surface area contributed by atoms with E-state index in [-0.39, 0.29) is 35.1 Å². The van der Waals surface area contributed by atoms with Gasteiger partial charge in [-0.05, 0) is 58.5 Å². The van der Waals surface area contributed by atoms with E-state index in [1.807, 2.05) is 53.4 Å². The second-order valence-corrected chi connectivity index (χ2v) is 11.6. The van der Waals surface area contributed by atoms with Gasteiger partial charge in [0, 0.05) is 14.5 Å². The first kappa shape index (κ1) is 20.7. The molecule has 6 nitrogen and oxygen atoms in total. The largest absolute Gasteiger partial charge is 0.497 e. The van der Waals surface area contributed by atoms with Crippen LogP contribution in [-0.4, -0.2) is 49.4 Å². The van der Waals surface area contributed by atoms with Crippen LogP contribution in [0.5, 0.6) is 5.75 Å². The third-order valence-corrected chi connectivity index (χ3v) is 8.77. The van der Waals surface area contributed by atoms with Gasteiger partial charge in [0.25, 0.3) is 5.91 Å². The lowest BCUT2D eigenvalue weighted by Gasteiger charge is -2.24. The van der Waals surface area contributed by atoms with E-state index in [1.165, 1.54) is 11.8 Å². The Morgan fingerprint density at radius 3 is 2.69 bits per heavy atom. The van der Waals surface area contributed by atoms with Gasteiger partial charge in [-0.15, -0.1) is 0 Å². The molecule has 0 saturated carbocycles. The van der Waals surface area contributed by atoms with E-state index in [9.17, 15) is 13.2 Å². The lowest BCUT2D eigenvalue weighted by atomic mass is 10.1. The Bertz CT molecular complexity index is 1070. The fourth-order valence-corrected chi connectivity index (χ4v) is 8.01. The van der Waals surface area contributed by atoms with Crippen LogP contribution in [0.15, 0.2) is 53.5 Å². The molecule has 152 valence electrons. The highest BCUT2D eigenvalue weighted by Gasteiger charge is 2.49. The zero-order valence-corrected chi connectivity index (χ0v) is 19.4. The van der Waals surface area contributed by atoms with Crippen LogP contribution >= 0.6 is 34.4 Å². The summed E-state index contributed by atoms with van der Waals surface area (Å²) in [6.07, 6.45) is 0.182. The van der Waals surface area contributed by atoms with Crippen LogP contribution in [0.3, 0.4) is 0 Å². The van der Waals surface area contributed by atoms with E-state index in [0.29, 0.717) is 5.17 Å². The third kappa shape index (κ3) is 4.61. The number of methoxy groups -OCH3 is 1. The smallest absolute Gasteiger partial charge is 0.252 e. The number of aliphatic imine (C=N–C) groups is 1. The molecule has 2 aromatic rings. The van der Waals surface area contributed by atoms with Crippen molar-refractivity contribution in [3.63, 3.8) is 0 Å². The summed E-state index contributed by atoms with van der Waals surface area (Å²) in [5, 5.41) is 0.473. The van der Waals surface area contributed by atoms with Crippen molar-refractivity contribution >= 4 is 61.0 Å². The van der Waals surface area contributed by atoms with E-state index in [0.717, 1.165) is 20.6 Å². The molecule has 0 spiro atoms. The highest BCUT2D eigenvalue weighted by Crippen LogP contribution is 2.41. The third-order valence-electron chi connectivity index (χ3n) is 4.89. The zero-order chi connectivity index (χ0) is 20.6. The van der Waals surface area contributed by atoms with Crippen molar-refractivity contribution in [1.82, 2.24) is 0 Å². The summed E-state index contributed by atoms with van der Waals surface area (Å²) < 4.78 is 30.5. The Hall–Kier alpha value is -1.59. The molecule has 0 aromatic heterocycles. The van der Waals surface area contributed by atoms with E-state index in [4.69, 9.17) is 4.74 Å². The maximum atomic E-state index is 12.6. The summed E-state index contributed by atoms with van der Waals surface area (Å²) in [6, 6.07) is 14.9. The highest BCUT2D eigenvalue weighted by molar-refractivity contribution is 14.1. The fourth-order valence-electron chi connectivity index (χ4n) is 3.56. The molecule has 4 rings (SSSR count). The van der Waals surface area contributed by atoms with Gasteiger partial charge in [0.1, 0.15) is 5.75 Å². The van der Waals surface area contributed by atoms with E-state index in [2.05, 4.69) is 27.6 Å². The van der Waals surface area contributed by atoms with Crippen LogP contribution in [0.1, 0.15) is 5.56 Å². The summed E-state index contributed by atoms with van der Waals surface area (Å²) in [6.45, 7) is 0. The fraction of sp³-hybridized carbons (Fsp3) is 0.300. The number of rotatable bonds is 4. The zero-order valence-electron chi connectivity index (χ0n) is 15.6. The van der Waals surface area contributed by atoms with Crippen molar-refractivity contribution in [3.05, 3.63) is 57.7 Å². The van der Waals surface area contributed by atoms with Crippen LogP contribution in [0.2, 0.25) is 0 Å². The first-order chi connectivity index (χ1) is 13.8. The molecule has 0 N–H and O–H groups in total. The molecule has 0 aliphatic carbocycles. The van der Waals surface area contributed by atoms with Crippen molar-refractivity contribution < 1.29 is 17.9 Å². The topological polar surface area (TPSA) is 76.0 Å². The summed E-state index contributed by atoms with van der Waals surface area (Å²) in [5.41, 5.74) is 1.72. The maximum absolute atomic E-state index is 12.6. The quantitative estimate of drug-likeness (QED) is 0.553. The van der Waals surface area contributed by atoms with Crippen LogP contribution in [0, 0.1) is 3.57 Å². The number of fused-ring (bicyclic) bond motifs is 1. The summed E-state index contributed by atoms with van der Waals surface area (Å²) in [7, 11) is -1.48. The number of sulfone groups is 1. The monoisotopic (exact) mass is 542 g/mol. The summed E-state index contributed by atoms with van der Waals surface area (Å²) in [4.78, 5) is 18.9. The second-order valence-electron chi connectivity index (χ2n) is 6.96. The lowest BCUT2D eigenvalue weighted by molar-refractivity contribution is -0.117. The van der Waals surface area contributed by atoms with Crippen LogP contribution < -0.4 is 9.64 Å². The Balaban J connectivity index is 1.61. The number of amides is 1. The molecule has 2 aliphatic heterocycles. The number of thioether (sulfide) groups is 1. The average Bonchev–Trinajstić information content (AvgIpc) is 3.12. The predicted molar refractivity (Wildman–Crippen MR) is 125 cm³/mol. The summed E-state index contributed by atoms with van der Waals surface area (Å²) in [5.74, 6) is 0.685. The van der Waals surface area contributed by atoms with Crippen molar-refractivity contribution in [2.24, 2.45) is 4.99 Å². The molecular weight excluding hydrogens is 523 g/mol. The van der Waals surface area contributed by atoms with Gasteiger partial charge in [-0.1, -0.05) is 30.0 Å². The van der Waals surface area contributed by atoms with Gasteiger partial charge < -0.3 is 9.64 Å². The van der Waals surface area contributed by atoms with Crippen molar-refractivity contribution in [3.8, 4) is 5.75 Å². The van der Waals surface area contributed by atoms with Gasteiger partial charge in [-0.3, -0.25) is 4.79 Å². The van der Waals surface area contributed by atoms with Crippen molar-refractivity contribution in [2.45, 2.75) is 17.7 Å². The number of anilines is 1. The van der Waals surface area contributed by atoms with Gasteiger partial charge in [-0.2, -0.15) is 4.99 Å². The Morgan fingerprint density at radius 2 is 2.00 bits per heavy atom. The molecule has 0 radical (unpaired) electrons. The first-order valence-corrected chi connectivity index (χ1v) is 12.8. The number of halogens is 1. The van der Waals surface area contributed by atoms with Crippen LogP contribution in [0.4, 0.5) is 5.69 Å². The molecular formula is C20H19IN2O4S2. The molecule has 2 aliphatic rings. The second kappa shape index (κ2) is 8.27. The molecule has 0 bridgehead atoms. The molecule has 2 aromatic carbocycles. The van der Waals surface area contributed by atoms with Gasteiger partial charge in [-0.25, -0.2) is 8.42 Å². The number of hydrogen-bond donors (Lipinski definition) is 0. The Kier molecular flexibility index (Phi) is 5.90. The Labute approximate surface area is 187 Å². The highest BCUT2D eigenvalue weighted by atomic mass is 127. The summed E-state index contributed by atoms with van der Waals surface area (Å²) >= 11 is 3.61. The molecule has 29 heavy (non-hydrogen) atoms. The standard InChI is InChI=1S/C20H19IN2O4S2/c1-27-16-7-5-13(6-8-16)9-19(24)22-20-23(15-4-2-3-14(21)10-15)17-11-29(25,26)12-18(17)28-20/h2-8,10,17-18H,9,11-12H2,1H3/t17-,18+/m1/s1. The van der Waals surface area contributed by atoms with Crippen molar-refractivity contribution in [2.75, 3.05) is 23.5 Å². The molecule has 2 fully saturated rings. The number of amidine groups is 1. The average molecular weight is 542 g/mol. The molecule has 2 atom stereocenters. The first-order valence-electron chi connectivity index (χ1n) is 9.01. The lowest BCUT2D eigenvalue weighted by Crippen LogP contribution is -2.37. The van der Waals surface area contributed by atoms with Crippen LogP contribution in [0.25, 0.3) is 0 Å². The molecule has 0 unspecified atom stereocenters. The minimum atomic E-state index is -3.08. The van der Waals surface area contributed by atoms with E-state index >= 15 is 0 Å². The number of hydrogen-bond acceptors (Lipinski definition) is 5. The van der Waals surface area contributed by atoms with Gasteiger partial charge in [0.2, 0.25) is 0 Å². The Morgan fingerprint density at radius 1 is 1.24 bits per heavy atom. The minimum absolute atomic E-state index is 0.0851. The predicted octanol–water partition coefficient (Wildman–Crippen LogP) is 3.14. The van der Waals surface area contributed by atoms with Gasteiger partial charge in [0.05, 0.1) is 31.1 Å². The normalized spacial score (nSPS) is 23.9. The minimum Gasteiger partial charge on any atom is -0.497 e. The number of carbonyl (C=O) groups excluding carboxylic acids is 1. The van der Waals surface area contributed by atoms with Crippen molar-refractivity contribution in [1.29, 1.82) is 0 Å². The number of carbonyl (C=O) groups is 1. The number of nitrogens with zero attached hydrogens (tertiary/aromatic N) is 2. The van der Waals surface area contributed by atoms with Crippen LogP contribution in [-0.2, 0) is 21.1 Å². The SMILES string of the molecule is COc1ccc(CC(=O)N=C2S[C@H]3CS(=O)(=O)C[C@H]3N2c2cccc(I)c2)cc1. The van der Waals surface area contributed by atoms with Gasteiger partial charge in [0.15, 0.2) is 15.0 Å². The van der Waals surface area contributed by atoms with Gasteiger partial charge >= 0.3 is 0 Å². The number of ether oxygens (including phenoxy) is 1.